The Kier molecular flexibility index (Phi) is 5.23. The summed E-state index contributed by atoms with van der Waals surface area (Å²) < 4.78 is 10.2. The van der Waals surface area contributed by atoms with Gasteiger partial charge in [-0.1, -0.05) is 0 Å². The Balaban J connectivity index is 2.74. The summed E-state index contributed by atoms with van der Waals surface area (Å²) in [6.45, 7) is 8.33. The molecule has 6 nitrogen and oxygen atoms in total. The van der Waals surface area contributed by atoms with Gasteiger partial charge < -0.3 is 14.8 Å². The Morgan fingerprint density at radius 1 is 1.47 bits per heavy atom. The molecule has 0 aliphatic heterocycles. The molecule has 0 amide bonds. The summed E-state index contributed by atoms with van der Waals surface area (Å²) >= 11 is 0. The first-order valence-electron chi connectivity index (χ1n) is 6.19. The number of nitrogens with zero attached hydrogens (tertiary/aromatic N) is 2. The first-order chi connectivity index (χ1) is 8.89. The van der Waals surface area contributed by atoms with Crippen molar-refractivity contribution >= 4 is 11.9 Å². The maximum Gasteiger partial charge on any atom is 0.341 e. The third-order valence-corrected chi connectivity index (χ3v) is 2.70. The van der Waals surface area contributed by atoms with Gasteiger partial charge in [-0.25, -0.2) is 14.8 Å². The Bertz CT molecular complexity index is 447. The molecule has 0 fully saturated rings. The standard InChI is InChI=1S/C13H21N3O3/c1-6-19-11(17)10-7-14-12(16-9(10)2)15-8-13(3,4)18-5/h7H,6,8H2,1-5H3,(H,14,15,16). The molecule has 0 atom stereocenters. The van der Waals surface area contributed by atoms with E-state index in [9.17, 15) is 4.79 Å². The van der Waals surface area contributed by atoms with Crippen LogP contribution in [0.4, 0.5) is 5.95 Å². The molecular weight excluding hydrogens is 246 g/mol. The van der Waals surface area contributed by atoms with E-state index < -0.39 is 5.97 Å². The fourth-order valence-corrected chi connectivity index (χ4v) is 1.33. The van der Waals surface area contributed by atoms with Crippen molar-refractivity contribution in [2.75, 3.05) is 25.6 Å². The van der Waals surface area contributed by atoms with Crippen LogP contribution < -0.4 is 5.32 Å². The molecule has 0 aliphatic carbocycles. The van der Waals surface area contributed by atoms with Crippen LogP contribution in [-0.2, 0) is 9.47 Å². The third kappa shape index (κ3) is 4.48. The van der Waals surface area contributed by atoms with E-state index >= 15 is 0 Å². The third-order valence-electron chi connectivity index (χ3n) is 2.70. The molecule has 0 aliphatic rings. The zero-order valence-corrected chi connectivity index (χ0v) is 12.1. The molecule has 0 aromatic carbocycles. The summed E-state index contributed by atoms with van der Waals surface area (Å²) in [6, 6.07) is 0. The quantitative estimate of drug-likeness (QED) is 0.792. The lowest BCUT2D eigenvalue weighted by Crippen LogP contribution is -2.32. The summed E-state index contributed by atoms with van der Waals surface area (Å²) in [5.74, 6) is 0.0689. The topological polar surface area (TPSA) is 73.3 Å². The highest BCUT2D eigenvalue weighted by molar-refractivity contribution is 5.90. The molecule has 1 heterocycles. The lowest BCUT2D eigenvalue weighted by atomic mass is 10.1. The van der Waals surface area contributed by atoms with Crippen molar-refractivity contribution in [1.29, 1.82) is 0 Å². The highest BCUT2D eigenvalue weighted by Crippen LogP contribution is 2.11. The first-order valence-corrected chi connectivity index (χ1v) is 6.19. The Labute approximate surface area is 113 Å². The smallest absolute Gasteiger partial charge is 0.341 e. The number of carbonyl (C=O) groups excluding carboxylic acids is 1. The van der Waals surface area contributed by atoms with Crippen LogP contribution in [0.15, 0.2) is 6.20 Å². The van der Waals surface area contributed by atoms with Gasteiger partial charge in [0.2, 0.25) is 5.95 Å². The van der Waals surface area contributed by atoms with Crippen LogP contribution in [0.25, 0.3) is 0 Å². The molecule has 0 spiro atoms. The minimum atomic E-state index is -0.399. The molecule has 1 aromatic rings. The Morgan fingerprint density at radius 3 is 2.68 bits per heavy atom. The highest BCUT2D eigenvalue weighted by Gasteiger charge is 2.17. The van der Waals surface area contributed by atoms with Crippen molar-refractivity contribution in [1.82, 2.24) is 9.97 Å². The maximum atomic E-state index is 11.6. The summed E-state index contributed by atoms with van der Waals surface area (Å²) in [7, 11) is 1.65. The van der Waals surface area contributed by atoms with Gasteiger partial charge in [-0.15, -0.1) is 0 Å². The van der Waals surface area contributed by atoms with Crippen LogP contribution in [0.3, 0.4) is 0 Å². The fraction of sp³-hybridized carbons (Fsp3) is 0.615. The fourth-order valence-electron chi connectivity index (χ4n) is 1.33. The second-order valence-corrected chi connectivity index (χ2v) is 4.73. The number of anilines is 1. The molecule has 106 valence electrons. The molecule has 0 bridgehead atoms. The van der Waals surface area contributed by atoms with E-state index in [4.69, 9.17) is 9.47 Å². The minimum absolute atomic E-state index is 0.308. The number of aromatic nitrogens is 2. The lowest BCUT2D eigenvalue weighted by molar-refractivity contribution is 0.0342. The van der Waals surface area contributed by atoms with Gasteiger partial charge in [0, 0.05) is 19.9 Å². The number of ether oxygens (including phenoxy) is 2. The molecule has 1 aromatic heterocycles. The summed E-state index contributed by atoms with van der Waals surface area (Å²) in [6.07, 6.45) is 1.47. The Morgan fingerprint density at radius 2 is 2.16 bits per heavy atom. The molecule has 0 unspecified atom stereocenters. The van der Waals surface area contributed by atoms with Crippen LogP contribution in [0.1, 0.15) is 36.8 Å². The number of nitrogens with one attached hydrogen (secondary N) is 1. The van der Waals surface area contributed by atoms with Gasteiger partial charge in [0.15, 0.2) is 0 Å². The number of carbonyl (C=O) groups is 1. The lowest BCUT2D eigenvalue weighted by Gasteiger charge is -2.23. The number of methoxy groups -OCH3 is 1. The molecular formula is C13H21N3O3. The second-order valence-electron chi connectivity index (χ2n) is 4.73. The van der Waals surface area contributed by atoms with Crippen LogP contribution >= 0.6 is 0 Å². The highest BCUT2D eigenvalue weighted by atomic mass is 16.5. The maximum absolute atomic E-state index is 11.6. The van der Waals surface area contributed by atoms with E-state index in [0.29, 0.717) is 30.4 Å². The van der Waals surface area contributed by atoms with Crippen LogP contribution in [0.5, 0.6) is 0 Å². The SMILES string of the molecule is CCOC(=O)c1cnc(NCC(C)(C)OC)nc1C. The first kappa shape index (κ1) is 15.4. The van der Waals surface area contributed by atoms with Gasteiger partial charge in [0.25, 0.3) is 0 Å². The van der Waals surface area contributed by atoms with Crippen LogP contribution in [0.2, 0.25) is 0 Å². The molecule has 0 saturated carbocycles. The van der Waals surface area contributed by atoms with Gasteiger partial charge in [-0.05, 0) is 27.7 Å². The molecule has 0 radical (unpaired) electrons. The second kappa shape index (κ2) is 6.47. The minimum Gasteiger partial charge on any atom is -0.462 e. The van der Waals surface area contributed by atoms with Crippen LogP contribution in [-0.4, -0.2) is 41.8 Å². The van der Waals surface area contributed by atoms with Crippen molar-refractivity contribution in [2.45, 2.75) is 33.3 Å². The van der Waals surface area contributed by atoms with E-state index in [2.05, 4.69) is 15.3 Å². The zero-order valence-electron chi connectivity index (χ0n) is 12.1. The van der Waals surface area contributed by atoms with Gasteiger partial charge in [-0.2, -0.15) is 0 Å². The van der Waals surface area contributed by atoms with E-state index in [1.165, 1.54) is 6.20 Å². The average Bonchev–Trinajstić information content (AvgIpc) is 2.37. The number of aryl methyl sites for hydroxylation is 1. The van der Waals surface area contributed by atoms with Gasteiger partial charge in [-0.3, -0.25) is 0 Å². The predicted octanol–water partition coefficient (Wildman–Crippen LogP) is 1.80. The molecule has 19 heavy (non-hydrogen) atoms. The van der Waals surface area contributed by atoms with E-state index in [-0.39, 0.29) is 5.60 Å². The van der Waals surface area contributed by atoms with E-state index in [0.717, 1.165) is 0 Å². The molecule has 1 N–H and O–H groups in total. The van der Waals surface area contributed by atoms with Gasteiger partial charge >= 0.3 is 5.97 Å². The van der Waals surface area contributed by atoms with Crippen molar-refractivity contribution in [2.24, 2.45) is 0 Å². The monoisotopic (exact) mass is 267 g/mol. The van der Waals surface area contributed by atoms with Gasteiger partial charge in [0.1, 0.15) is 0 Å². The normalized spacial score (nSPS) is 11.2. The number of esters is 1. The van der Waals surface area contributed by atoms with Crippen molar-refractivity contribution in [3.8, 4) is 0 Å². The molecule has 6 heteroatoms. The largest absolute Gasteiger partial charge is 0.462 e. The number of hydrogen-bond acceptors (Lipinski definition) is 6. The zero-order chi connectivity index (χ0) is 14.5. The predicted molar refractivity (Wildman–Crippen MR) is 72.3 cm³/mol. The van der Waals surface area contributed by atoms with Crippen molar-refractivity contribution in [3.05, 3.63) is 17.5 Å². The summed E-state index contributed by atoms with van der Waals surface area (Å²) in [5, 5.41) is 3.08. The van der Waals surface area contributed by atoms with E-state index in [1.54, 1.807) is 21.0 Å². The number of rotatable bonds is 6. The summed E-state index contributed by atoms with van der Waals surface area (Å²) in [5.41, 5.74) is 0.668. The average molecular weight is 267 g/mol. The molecule has 0 saturated heterocycles. The summed E-state index contributed by atoms with van der Waals surface area (Å²) in [4.78, 5) is 19.9. The van der Waals surface area contributed by atoms with Gasteiger partial charge in [0.05, 0.1) is 23.5 Å². The van der Waals surface area contributed by atoms with Crippen molar-refractivity contribution < 1.29 is 14.3 Å². The Hall–Kier alpha value is -1.69. The number of hydrogen-bond donors (Lipinski definition) is 1. The van der Waals surface area contributed by atoms with E-state index in [1.807, 2.05) is 13.8 Å². The van der Waals surface area contributed by atoms with Crippen molar-refractivity contribution in [3.63, 3.8) is 0 Å². The molecule has 1 rings (SSSR count). The van der Waals surface area contributed by atoms with Crippen LogP contribution in [0, 0.1) is 6.92 Å².